The zero-order valence-corrected chi connectivity index (χ0v) is 28.9. The molecule has 0 unspecified atom stereocenters. The van der Waals surface area contributed by atoms with Gasteiger partial charge in [0.2, 0.25) is 12.7 Å². The average Bonchev–Trinajstić information content (AvgIpc) is 3.47. The number of halogens is 4. The fourth-order valence-electron chi connectivity index (χ4n) is 5.00. The molecule has 0 aliphatic carbocycles. The molecule has 0 aliphatic rings. The molecule has 5 aromatic rings. The van der Waals surface area contributed by atoms with Crippen molar-refractivity contribution in [2.24, 2.45) is 0 Å². The van der Waals surface area contributed by atoms with Crippen LogP contribution in [-0.4, -0.2) is 72.5 Å². The van der Waals surface area contributed by atoms with Crippen molar-refractivity contribution in [3.8, 4) is 28.4 Å². The maximum absolute atomic E-state index is 15.2. The van der Waals surface area contributed by atoms with Crippen molar-refractivity contribution in [2.75, 3.05) is 19.6 Å². The van der Waals surface area contributed by atoms with Crippen molar-refractivity contribution in [3.05, 3.63) is 95.2 Å². The van der Waals surface area contributed by atoms with Crippen LogP contribution >= 0.6 is 7.82 Å². The van der Waals surface area contributed by atoms with Gasteiger partial charge in [0, 0.05) is 23.5 Å². The minimum absolute atomic E-state index is 0.00113. The summed E-state index contributed by atoms with van der Waals surface area (Å²) in [6, 6.07) is 7.93. The van der Waals surface area contributed by atoms with Gasteiger partial charge < -0.3 is 29.2 Å². The number of rotatable bonds is 11. The Morgan fingerprint density at radius 2 is 1.76 bits per heavy atom. The minimum atomic E-state index is -5.15. The Labute approximate surface area is 301 Å². The summed E-state index contributed by atoms with van der Waals surface area (Å²) in [5.74, 6) is -4.92. The molecule has 1 atom stereocenters. The predicted octanol–water partition coefficient (Wildman–Crippen LogP) is 5.35. The van der Waals surface area contributed by atoms with Crippen LogP contribution in [0.15, 0.2) is 67.0 Å². The molecule has 4 N–H and O–H groups in total. The summed E-state index contributed by atoms with van der Waals surface area (Å²) in [5.41, 5.74) is 5.90. The first kappa shape index (κ1) is 38.9. The molecule has 17 nitrogen and oxygen atoms in total. The van der Waals surface area contributed by atoms with Gasteiger partial charge in [0.15, 0.2) is 17.1 Å². The number of nitrogen functional groups attached to an aromatic ring is 1. The number of hydrogen-bond acceptors (Lipinski definition) is 13. The molecule has 5 rings (SSSR count). The molecule has 2 amide bonds. The van der Waals surface area contributed by atoms with E-state index in [0.29, 0.717) is 39.9 Å². The largest absolute Gasteiger partial charge is 0.573 e. The highest BCUT2D eigenvalue weighted by Gasteiger charge is 2.35. The van der Waals surface area contributed by atoms with E-state index in [1.807, 2.05) is 0 Å². The van der Waals surface area contributed by atoms with E-state index in [1.165, 1.54) is 23.7 Å². The number of nitrogens with zero attached hydrogens (tertiary/aromatic N) is 5. The lowest BCUT2D eigenvalue weighted by Crippen LogP contribution is -2.40. The highest BCUT2D eigenvalue weighted by molar-refractivity contribution is 7.46. The van der Waals surface area contributed by atoms with Crippen LogP contribution in [0, 0.1) is 12.7 Å². The van der Waals surface area contributed by atoms with Crippen LogP contribution in [0.1, 0.15) is 44.9 Å². The summed E-state index contributed by atoms with van der Waals surface area (Å²) in [7, 11) is -3.87. The van der Waals surface area contributed by atoms with E-state index >= 15 is 4.39 Å². The maximum atomic E-state index is 15.2. The van der Waals surface area contributed by atoms with Crippen LogP contribution < -0.4 is 19.7 Å². The molecule has 0 aliphatic heterocycles. The number of imide groups is 1. The fourth-order valence-corrected chi connectivity index (χ4v) is 5.40. The van der Waals surface area contributed by atoms with Crippen molar-refractivity contribution in [1.82, 2.24) is 24.5 Å². The van der Waals surface area contributed by atoms with E-state index in [-0.39, 0.29) is 28.5 Å². The summed E-state index contributed by atoms with van der Waals surface area (Å²) in [6.07, 6.45) is -3.71. The van der Waals surface area contributed by atoms with E-state index in [4.69, 9.17) is 29.7 Å². The van der Waals surface area contributed by atoms with Gasteiger partial charge in [0.25, 0.3) is 5.91 Å². The van der Waals surface area contributed by atoms with Gasteiger partial charge in [-0.25, -0.2) is 28.0 Å². The second-order valence-corrected chi connectivity index (χ2v) is 12.2. The Bertz CT molecular complexity index is 2300. The van der Waals surface area contributed by atoms with E-state index in [1.54, 1.807) is 18.3 Å². The summed E-state index contributed by atoms with van der Waals surface area (Å²) >= 11 is 0. The van der Waals surface area contributed by atoms with Crippen molar-refractivity contribution in [2.45, 2.75) is 26.3 Å². The molecule has 3 heterocycles. The van der Waals surface area contributed by atoms with E-state index in [9.17, 15) is 32.1 Å². The number of carbonyl (C=O) groups excluding carboxylic acids is 3. The van der Waals surface area contributed by atoms with Crippen molar-refractivity contribution >= 4 is 37.4 Å². The van der Waals surface area contributed by atoms with Crippen LogP contribution in [-0.2, 0) is 14.0 Å². The van der Waals surface area contributed by atoms with Crippen molar-refractivity contribution in [3.63, 3.8) is 0 Å². The molecular weight excluding hydrogens is 751 g/mol. The number of phosphoric ester groups is 1. The summed E-state index contributed by atoms with van der Waals surface area (Å²) in [6.45, 7) is 1.42. The maximum Gasteiger partial charge on any atom is 0.573 e. The molecule has 0 fully saturated rings. The quantitative estimate of drug-likeness (QED) is 0.0664. The molecule has 0 saturated carbocycles. The molecule has 0 radical (unpaired) electrons. The van der Waals surface area contributed by atoms with Crippen molar-refractivity contribution < 1.29 is 69.8 Å². The second kappa shape index (κ2) is 15.3. The Kier molecular flexibility index (Phi) is 11.1. The Balaban J connectivity index is 1.45. The number of ether oxygens (including phenoxy) is 4. The molecule has 2 aromatic carbocycles. The number of esters is 1. The molecule has 0 spiro atoms. The number of methoxy groups -OCH3 is 1. The third-order valence-corrected chi connectivity index (χ3v) is 7.88. The fraction of sp³-hybridized carbons (Fsp3) is 0.188. The second-order valence-electron chi connectivity index (χ2n) is 11.0. The van der Waals surface area contributed by atoms with Crippen LogP contribution in [0.3, 0.4) is 0 Å². The highest BCUT2D eigenvalue weighted by Crippen LogP contribution is 2.42. The third-order valence-electron chi connectivity index (χ3n) is 7.45. The highest BCUT2D eigenvalue weighted by atomic mass is 31.2. The zero-order valence-electron chi connectivity index (χ0n) is 28.0. The van der Waals surface area contributed by atoms with Gasteiger partial charge in [0.05, 0.1) is 30.0 Å². The number of aryl methyl sites for hydroxylation is 1. The number of amides is 2. The van der Waals surface area contributed by atoms with E-state index in [0.717, 1.165) is 32.2 Å². The number of phosphoric acid groups is 1. The summed E-state index contributed by atoms with van der Waals surface area (Å²) in [4.78, 5) is 67.4. The molecule has 284 valence electrons. The first-order valence-corrected chi connectivity index (χ1v) is 16.6. The molecule has 0 saturated heterocycles. The number of carbonyl (C=O) groups is 3. The number of aromatic nitrogens is 4. The van der Waals surface area contributed by atoms with Gasteiger partial charge in [-0.05, 0) is 74.0 Å². The Morgan fingerprint density at radius 1 is 1.02 bits per heavy atom. The molecule has 54 heavy (non-hydrogen) atoms. The lowest BCUT2D eigenvalue weighted by Gasteiger charge is -2.28. The number of alkyl halides is 3. The topological polar surface area (TPSA) is 227 Å². The monoisotopic (exact) mass is 778 g/mol. The minimum Gasteiger partial charge on any atom is -0.493 e. The lowest BCUT2D eigenvalue weighted by atomic mass is 10.0. The Hall–Kier alpha value is -6.31. The van der Waals surface area contributed by atoms with Crippen LogP contribution in [0.2, 0.25) is 0 Å². The van der Waals surface area contributed by atoms with Crippen LogP contribution in [0.4, 0.5) is 28.3 Å². The van der Waals surface area contributed by atoms with Gasteiger partial charge >= 0.3 is 26.2 Å². The lowest BCUT2D eigenvalue weighted by molar-refractivity contribution is -0.274. The van der Waals surface area contributed by atoms with Gasteiger partial charge in [-0.15, -0.1) is 18.3 Å². The standard InChI is InChI=1S/C32H27F4N6O11P/c1-16-22(10-20(14-38-16)18-8-9-41-27(12-18)39-30(37)40-41)28(43)42(17(2)23-13-21(5-6-24(23)33)52-32(34,35)36)31(45)51-15-50-29(44)19-4-7-25(26(11-19)49-3)53-54(46,47)48/h4-14,17H,15H2,1-3H3,(H2,37,40)(H2,46,47,48)/t17-/m1/s1. The van der Waals surface area contributed by atoms with Crippen LogP contribution in [0.5, 0.6) is 17.2 Å². The molecular formula is C32H27F4N6O11P. The van der Waals surface area contributed by atoms with Crippen LogP contribution in [0.25, 0.3) is 16.8 Å². The number of nitrogens with two attached hydrogens (primary N) is 1. The first-order valence-electron chi connectivity index (χ1n) is 15.1. The molecule has 0 bridgehead atoms. The van der Waals surface area contributed by atoms with Gasteiger partial charge in [-0.2, -0.15) is 4.98 Å². The van der Waals surface area contributed by atoms with Gasteiger partial charge in [-0.1, -0.05) is 0 Å². The zero-order chi connectivity index (χ0) is 39.5. The normalized spacial score (nSPS) is 12.2. The SMILES string of the molecule is COc1cc(C(=O)OCOC(=O)N(C(=O)c2cc(-c3ccn4nc(N)nc4c3)cnc2C)[C@H](C)c2cc(OC(F)(F)F)ccc2F)ccc1OP(=O)(O)O. The number of fused-ring (bicyclic) bond motifs is 1. The summed E-state index contributed by atoms with van der Waals surface area (Å²) in [5, 5.41) is 3.99. The van der Waals surface area contributed by atoms with Crippen molar-refractivity contribution in [1.29, 1.82) is 0 Å². The molecule has 22 heteroatoms. The number of hydrogen-bond donors (Lipinski definition) is 3. The number of anilines is 1. The van der Waals surface area contributed by atoms with Gasteiger partial charge in [-0.3, -0.25) is 19.6 Å². The third kappa shape index (κ3) is 9.18. The average molecular weight is 779 g/mol. The Morgan fingerprint density at radius 3 is 2.44 bits per heavy atom. The first-order chi connectivity index (χ1) is 25.3. The van der Waals surface area contributed by atoms with Gasteiger partial charge in [0.1, 0.15) is 11.6 Å². The predicted molar refractivity (Wildman–Crippen MR) is 175 cm³/mol. The van der Waals surface area contributed by atoms with E-state index in [2.05, 4.69) is 24.3 Å². The summed E-state index contributed by atoms with van der Waals surface area (Å²) < 4.78 is 90.2. The number of pyridine rings is 2. The number of benzene rings is 2. The van der Waals surface area contributed by atoms with E-state index < -0.39 is 67.9 Å². The molecule has 3 aromatic heterocycles. The smallest absolute Gasteiger partial charge is 0.493 e.